The van der Waals surface area contributed by atoms with Gasteiger partial charge in [-0.15, -0.1) is 0 Å². The fraction of sp³-hybridized carbons (Fsp3) is 0.167. The van der Waals surface area contributed by atoms with Gasteiger partial charge in [-0.3, -0.25) is 4.79 Å². The summed E-state index contributed by atoms with van der Waals surface area (Å²) in [6, 6.07) is 21.1. The lowest BCUT2D eigenvalue weighted by molar-refractivity contribution is -0.120. The lowest BCUT2D eigenvalue weighted by Gasteiger charge is -2.08. The van der Waals surface area contributed by atoms with Gasteiger partial charge in [0, 0.05) is 10.6 Å². The van der Waals surface area contributed by atoms with E-state index in [0.717, 1.165) is 28.0 Å². The third-order valence-electron chi connectivity index (χ3n) is 4.48. The summed E-state index contributed by atoms with van der Waals surface area (Å²) in [5, 5.41) is 4.72. The molecule has 0 radical (unpaired) electrons. The van der Waals surface area contributed by atoms with Crippen molar-refractivity contribution in [2.75, 3.05) is 0 Å². The molecule has 0 aliphatic carbocycles. The van der Waals surface area contributed by atoms with Crippen LogP contribution in [0.4, 0.5) is 0 Å². The number of carbonyl (C=O) groups is 1. The average Bonchev–Trinajstić information content (AvgIpc) is 2.70. The zero-order chi connectivity index (χ0) is 20.6. The van der Waals surface area contributed by atoms with Crippen LogP contribution in [0.1, 0.15) is 27.8 Å². The van der Waals surface area contributed by atoms with Crippen LogP contribution in [0.2, 0.25) is 5.02 Å². The van der Waals surface area contributed by atoms with Crippen molar-refractivity contribution in [3.8, 4) is 5.75 Å². The molecule has 4 nitrogen and oxygen atoms in total. The van der Waals surface area contributed by atoms with E-state index in [1.807, 2.05) is 74.5 Å². The van der Waals surface area contributed by atoms with Gasteiger partial charge in [0.15, 0.2) is 0 Å². The zero-order valence-corrected chi connectivity index (χ0v) is 17.2. The summed E-state index contributed by atoms with van der Waals surface area (Å²) in [7, 11) is 0. The molecule has 0 aromatic heterocycles. The molecule has 3 rings (SSSR count). The third-order valence-corrected chi connectivity index (χ3v) is 4.85. The Hall–Kier alpha value is -3.11. The van der Waals surface area contributed by atoms with Gasteiger partial charge in [0.05, 0.1) is 12.6 Å². The lowest BCUT2D eigenvalue weighted by Crippen LogP contribution is -2.20. The van der Waals surface area contributed by atoms with Gasteiger partial charge in [0.25, 0.3) is 0 Å². The van der Waals surface area contributed by atoms with Gasteiger partial charge in [0.1, 0.15) is 12.4 Å². The summed E-state index contributed by atoms with van der Waals surface area (Å²) in [6.07, 6.45) is 1.91. The van der Waals surface area contributed by atoms with E-state index in [9.17, 15) is 4.79 Å². The topological polar surface area (TPSA) is 50.7 Å². The quantitative estimate of drug-likeness (QED) is 0.431. The second-order valence-electron chi connectivity index (χ2n) is 6.85. The molecule has 3 aromatic rings. The van der Waals surface area contributed by atoms with Crippen molar-refractivity contribution in [1.82, 2.24) is 5.43 Å². The van der Waals surface area contributed by atoms with Crippen molar-refractivity contribution in [3.05, 3.63) is 99.6 Å². The molecule has 5 heteroatoms. The summed E-state index contributed by atoms with van der Waals surface area (Å²) in [5.74, 6) is 0.592. The second-order valence-corrected chi connectivity index (χ2v) is 7.26. The Labute approximate surface area is 176 Å². The Morgan fingerprint density at radius 3 is 2.52 bits per heavy atom. The Balaban J connectivity index is 1.49. The van der Waals surface area contributed by atoms with E-state index >= 15 is 0 Å². The molecule has 0 saturated carbocycles. The molecule has 0 bridgehead atoms. The monoisotopic (exact) mass is 406 g/mol. The molecular weight excluding hydrogens is 384 g/mol. The number of aryl methyl sites for hydroxylation is 2. The molecule has 0 spiro atoms. The van der Waals surface area contributed by atoms with Crippen molar-refractivity contribution in [2.45, 2.75) is 26.9 Å². The number of hydrogen-bond donors (Lipinski definition) is 1. The number of carbonyl (C=O) groups excluding carboxylic acids is 1. The number of amides is 1. The summed E-state index contributed by atoms with van der Waals surface area (Å²) in [4.78, 5) is 12.1. The molecule has 0 aliphatic heterocycles. The number of benzene rings is 3. The van der Waals surface area contributed by atoms with Gasteiger partial charge in [-0.1, -0.05) is 53.6 Å². The lowest BCUT2D eigenvalue weighted by atomic mass is 10.0. The Bertz CT molecular complexity index is 1010. The first-order valence-electron chi connectivity index (χ1n) is 9.35. The number of nitrogens with zero attached hydrogens (tertiary/aromatic N) is 1. The van der Waals surface area contributed by atoms with Crippen molar-refractivity contribution in [2.24, 2.45) is 5.10 Å². The maximum Gasteiger partial charge on any atom is 0.244 e. The van der Waals surface area contributed by atoms with E-state index in [1.54, 1.807) is 6.21 Å². The maximum atomic E-state index is 12.1. The van der Waals surface area contributed by atoms with Crippen LogP contribution in [0.3, 0.4) is 0 Å². The van der Waals surface area contributed by atoms with E-state index in [1.165, 1.54) is 5.56 Å². The Morgan fingerprint density at radius 1 is 1.03 bits per heavy atom. The van der Waals surface area contributed by atoms with Gasteiger partial charge in [0.2, 0.25) is 5.91 Å². The van der Waals surface area contributed by atoms with Crippen LogP contribution in [-0.2, 0) is 17.8 Å². The summed E-state index contributed by atoms with van der Waals surface area (Å²) < 4.78 is 5.76. The van der Waals surface area contributed by atoms with Crippen molar-refractivity contribution < 1.29 is 9.53 Å². The van der Waals surface area contributed by atoms with Crippen LogP contribution in [0, 0.1) is 13.8 Å². The molecule has 0 aliphatic rings. The number of hydrazone groups is 1. The molecule has 29 heavy (non-hydrogen) atoms. The number of rotatable bonds is 7. The minimum Gasteiger partial charge on any atom is -0.489 e. The van der Waals surface area contributed by atoms with E-state index in [0.29, 0.717) is 18.1 Å². The molecule has 1 N–H and O–H groups in total. The molecule has 0 saturated heterocycles. The van der Waals surface area contributed by atoms with Crippen LogP contribution >= 0.6 is 11.6 Å². The van der Waals surface area contributed by atoms with Gasteiger partial charge < -0.3 is 4.74 Å². The van der Waals surface area contributed by atoms with E-state index in [-0.39, 0.29) is 5.91 Å². The first-order chi connectivity index (χ1) is 14.0. The first-order valence-corrected chi connectivity index (χ1v) is 9.73. The molecule has 0 fully saturated rings. The summed E-state index contributed by atoms with van der Waals surface area (Å²) >= 11 is 6.13. The van der Waals surface area contributed by atoms with Gasteiger partial charge in [-0.05, 0) is 60.9 Å². The highest BCUT2D eigenvalue weighted by Gasteiger charge is 2.05. The van der Waals surface area contributed by atoms with E-state index < -0.39 is 0 Å². The first kappa shape index (κ1) is 20.6. The molecule has 148 valence electrons. The number of nitrogens with one attached hydrogen (secondary N) is 1. The Kier molecular flexibility index (Phi) is 7.04. The number of ether oxygens (including phenoxy) is 1. The predicted molar refractivity (Wildman–Crippen MR) is 118 cm³/mol. The van der Waals surface area contributed by atoms with Crippen molar-refractivity contribution in [3.63, 3.8) is 0 Å². The van der Waals surface area contributed by atoms with E-state index in [4.69, 9.17) is 16.3 Å². The fourth-order valence-corrected chi connectivity index (χ4v) is 3.05. The summed E-state index contributed by atoms with van der Waals surface area (Å²) in [5.41, 5.74) is 7.67. The van der Waals surface area contributed by atoms with Crippen LogP contribution in [0.5, 0.6) is 5.75 Å². The van der Waals surface area contributed by atoms with E-state index in [2.05, 4.69) is 16.6 Å². The van der Waals surface area contributed by atoms with Crippen LogP contribution in [-0.4, -0.2) is 12.1 Å². The molecule has 0 atom stereocenters. The molecule has 1 amide bonds. The second kappa shape index (κ2) is 9.89. The number of hydrogen-bond acceptors (Lipinski definition) is 3. The van der Waals surface area contributed by atoms with Gasteiger partial charge >= 0.3 is 0 Å². The van der Waals surface area contributed by atoms with Gasteiger partial charge in [-0.2, -0.15) is 5.10 Å². The molecular formula is C24H23ClN2O2. The Morgan fingerprint density at radius 2 is 1.79 bits per heavy atom. The molecule has 0 heterocycles. The zero-order valence-electron chi connectivity index (χ0n) is 16.5. The number of halogens is 1. The van der Waals surface area contributed by atoms with Crippen LogP contribution < -0.4 is 10.2 Å². The smallest absolute Gasteiger partial charge is 0.244 e. The standard InChI is InChI=1S/C24H23ClN2O2/c1-17-7-10-20(18(2)13-17)14-24(28)27-26-15-19-8-11-22(12-9-19)29-16-21-5-3-4-6-23(21)25/h3-13,15H,14,16H2,1-2H3,(H,27,28)/b26-15-. The highest BCUT2D eigenvalue weighted by molar-refractivity contribution is 6.31. The van der Waals surface area contributed by atoms with Crippen molar-refractivity contribution in [1.29, 1.82) is 0 Å². The minimum absolute atomic E-state index is 0.145. The van der Waals surface area contributed by atoms with Crippen molar-refractivity contribution >= 4 is 23.7 Å². The normalized spacial score (nSPS) is 10.9. The van der Waals surface area contributed by atoms with Gasteiger partial charge in [-0.25, -0.2) is 5.43 Å². The average molecular weight is 407 g/mol. The SMILES string of the molecule is Cc1ccc(CC(=O)N/N=C\c2ccc(OCc3ccccc3Cl)cc2)c(C)c1. The van der Waals surface area contributed by atoms with Crippen LogP contribution in [0.25, 0.3) is 0 Å². The highest BCUT2D eigenvalue weighted by atomic mass is 35.5. The van der Waals surface area contributed by atoms with Crippen LogP contribution in [0.15, 0.2) is 71.8 Å². The maximum absolute atomic E-state index is 12.1. The molecule has 0 unspecified atom stereocenters. The minimum atomic E-state index is -0.145. The largest absolute Gasteiger partial charge is 0.489 e. The predicted octanol–water partition coefficient (Wildman–Crippen LogP) is 5.23. The fourth-order valence-electron chi connectivity index (χ4n) is 2.86. The summed E-state index contributed by atoms with van der Waals surface area (Å²) in [6.45, 7) is 4.45. The molecule has 3 aromatic carbocycles. The third kappa shape index (κ3) is 6.19. The highest BCUT2D eigenvalue weighted by Crippen LogP contribution is 2.18.